The Hall–Kier alpha value is -1.13. The van der Waals surface area contributed by atoms with Crippen LogP contribution in [-0.2, 0) is 4.74 Å². The molecule has 1 unspecified atom stereocenters. The molecule has 4 nitrogen and oxygen atoms in total. The Morgan fingerprint density at radius 2 is 2.18 bits per heavy atom. The number of pyridine rings is 1. The van der Waals surface area contributed by atoms with Crippen molar-refractivity contribution in [3.05, 3.63) is 23.9 Å². The van der Waals surface area contributed by atoms with Gasteiger partial charge in [-0.25, -0.2) is 4.98 Å². The van der Waals surface area contributed by atoms with Crippen LogP contribution in [0.3, 0.4) is 0 Å². The highest BCUT2D eigenvalue weighted by atomic mass is 16.5. The van der Waals surface area contributed by atoms with Gasteiger partial charge in [-0.15, -0.1) is 0 Å². The highest BCUT2D eigenvalue weighted by Crippen LogP contribution is 2.25. The third kappa shape index (κ3) is 2.76. The Balaban J connectivity index is 2.20. The topological polar surface area (TPSA) is 51.4 Å². The largest absolute Gasteiger partial charge is 0.381 e. The molecular formula is C13H21N3O. The Morgan fingerprint density at radius 3 is 2.82 bits per heavy atom. The molecule has 4 heteroatoms. The van der Waals surface area contributed by atoms with Gasteiger partial charge in [0, 0.05) is 44.1 Å². The molecule has 1 aromatic heterocycles. The second-order valence-electron chi connectivity index (χ2n) is 4.66. The summed E-state index contributed by atoms with van der Waals surface area (Å²) >= 11 is 0. The van der Waals surface area contributed by atoms with Gasteiger partial charge >= 0.3 is 0 Å². The van der Waals surface area contributed by atoms with E-state index in [9.17, 15) is 0 Å². The summed E-state index contributed by atoms with van der Waals surface area (Å²) in [5, 5.41) is 0. The summed E-state index contributed by atoms with van der Waals surface area (Å²) in [5.74, 6) is 1.01. The van der Waals surface area contributed by atoms with Crippen LogP contribution in [-0.4, -0.2) is 31.3 Å². The molecule has 1 aromatic rings. The van der Waals surface area contributed by atoms with E-state index in [-0.39, 0.29) is 6.04 Å². The summed E-state index contributed by atoms with van der Waals surface area (Å²) in [4.78, 5) is 6.73. The molecule has 1 saturated heterocycles. The molecule has 1 fully saturated rings. The van der Waals surface area contributed by atoms with E-state index < -0.39 is 0 Å². The van der Waals surface area contributed by atoms with Crippen molar-refractivity contribution in [3.63, 3.8) is 0 Å². The number of nitrogens with two attached hydrogens (primary N) is 1. The van der Waals surface area contributed by atoms with Gasteiger partial charge in [-0.2, -0.15) is 0 Å². The van der Waals surface area contributed by atoms with E-state index in [1.807, 2.05) is 19.2 Å². The smallest absolute Gasteiger partial charge is 0.133 e. The highest BCUT2D eigenvalue weighted by molar-refractivity contribution is 5.48. The molecule has 17 heavy (non-hydrogen) atoms. The SMILES string of the molecule is CC(N)c1cccnc1N(C)C1CCOCC1. The normalized spacial score (nSPS) is 19.0. The fraction of sp³-hybridized carbons (Fsp3) is 0.615. The summed E-state index contributed by atoms with van der Waals surface area (Å²) in [5.41, 5.74) is 7.10. The first-order chi connectivity index (χ1) is 8.20. The van der Waals surface area contributed by atoms with Crippen molar-refractivity contribution >= 4 is 5.82 Å². The van der Waals surface area contributed by atoms with E-state index in [1.165, 1.54) is 0 Å². The Bertz CT molecular complexity index is 361. The van der Waals surface area contributed by atoms with Gasteiger partial charge < -0.3 is 15.4 Å². The molecule has 2 rings (SSSR count). The molecule has 2 heterocycles. The minimum absolute atomic E-state index is 0.0148. The van der Waals surface area contributed by atoms with Crippen LogP contribution >= 0.6 is 0 Å². The third-order valence-electron chi connectivity index (χ3n) is 3.38. The lowest BCUT2D eigenvalue weighted by atomic mass is 10.1. The maximum absolute atomic E-state index is 5.99. The van der Waals surface area contributed by atoms with Gasteiger partial charge in [0.25, 0.3) is 0 Å². The summed E-state index contributed by atoms with van der Waals surface area (Å²) in [6, 6.07) is 4.53. The number of hydrogen-bond donors (Lipinski definition) is 1. The molecule has 1 atom stereocenters. The highest BCUT2D eigenvalue weighted by Gasteiger charge is 2.22. The molecule has 0 aliphatic carbocycles. The zero-order chi connectivity index (χ0) is 12.3. The number of ether oxygens (including phenoxy) is 1. The van der Waals surface area contributed by atoms with Crippen molar-refractivity contribution in [2.24, 2.45) is 5.73 Å². The lowest BCUT2D eigenvalue weighted by molar-refractivity contribution is 0.0853. The van der Waals surface area contributed by atoms with E-state index in [0.717, 1.165) is 37.4 Å². The predicted molar refractivity (Wildman–Crippen MR) is 69.1 cm³/mol. The fourth-order valence-corrected chi connectivity index (χ4v) is 2.30. The summed E-state index contributed by atoms with van der Waals surface area (Å²) in [6.07, 6.45) is 3.95. The van der Waals surface area contributed by atoms with Crippen LogP contribution in [0.2, 0.25) is 0 Å². The summed E-state index contributed by atoms with van der Waals surface area (Å²) < 4.78 is 5.39. The molecular weight excluding hydrogens is 214 g/mol. The average Bonchev–Trinajstić information content (AvgIpc) is 2.39. The lowest BCUT2D eigenvalue weighted by Gasteiger charge is -2.33. The van der Waals surface area contributed by atoms with E-state index in [1.54, 1.807) is 0 Å². The zero-order valence-corrected chi connectivity index (χ0v) is 10.6. The second kappa shape index (κ2) is 5.47. The van der Waals surface area contributed by atoms with Crippen LogP contribution in [0.25, 0.3) is 0 Å². The summed E-state index contributed by atoms with van der Waals surface area (Å²) in [6.45, 7) is 3.68. The van der Waals surface area contributed by atoms with Gasteiger partial charge in [0.2, 0.25) is 0 Å². The maximum atomic E-state index is 5.99. The minimum atomic E-state index is 0.0148. The number of hydrogen-bond acceptors (Lipinski definition) is 4. The number of aromatic nitrogens is 1. The summed E-state index contributed by atoms with van der Waals surface area (Å²) in [7, 11) is 2.10. The molecule has 0 spiro atoms. The number of rotatable bonds is 3. The van der Waals surface area contributed by atoms with E-state index >= 15 is 0 Å². The van der Waals surface area contributed by atoms with Crippen molar-refractivity contribution in [2.45, 2.75) is 31.8 Å². The van der Waals surface area contributed by atoms with Gasteiger partial charge in [-0.05, 0) is 25.8 Å². The molecule has 0 saturated carbocycles. The molecule has 0 aromatic carbocycles. The minimum Gasteiger partial charge on any atom is -0.381 e. The zero-order valence-electron chi connectivity index (χ0n) is 10.6. The first kappa shape index (κ1) is 12.3. The standard InChI is InChI=1S/C13H21N3O/c1-10(14)12-4-3-7-15-13(12)16(2)11-5-8-17-9-6-11/h3-4,7,10-11H,5-6,8-9,14H2,1-2H3. The second-order valence-corrected chi connectivity index (χ2v) is 4.66. The van der Waals surface area contributed by atoms with Crippen molar-refractivity contribution in [1.82, 2.24) is 4.98 Å². The van der Waals surface area contributed by atoms with Crippen molar-refractivity contribution in [3.8, 4) is 0 Å². The van der Waals surface area contributed by atoms with Gasteiger partial charge in [-0.3, -0.25) is 0 Å². The number of anilines is 1. The Morgan fingerprint density at radius 1 is 1.47 bits per heavy atom. The first-order valence-corrected chi connectivity index (χ1v) is 6.21. The third-order valence-corrected chi connectivity index (χ3v) is 3.38. The Labute approximate surface area is 103 Å². The molecule has 1 aliphatic rings. The Kier molecular flexibility index (Phi) is 3.97. The van der Waals surface area contributed by atoms with Crippen molar-refractivity contribution in [1.29, 1.82) is 0 Å². The maximum Gasteiger partial charge on any atom is 0.133 e. The quantitative estimate of drug-likeness (QED) is 0.866. The van der Waals surface area contributed by atoms with Crippen LogP contribution < -0.4 is 10.6 Å². The monoisotopic (exact) mass is 235 g/mol. The van der Waals surface area contributed by atoms with E-state index in [2.05, 4.69) is 23.0 Å². The van der Waals surface area contributed by atoms with Crippen molar-refractivity contribution in [2.75, 3.05) is 25.2 Å². The lowest BCUT2D eigenvalue weighted by Crippen LogP contribution is -2.38. The fourth-order valence-electron chi connectivity index (χ4n) is 2.30. The molecule has 0 bridgehead atoms. The van der Waals surface area contributed by atoms with Crippen LogP contribution in [0.1, 0.15) is 31.4 Å². The van der Waals surface area contributed by atoms with E-state index in [4.69, 9.17) is 10.5 Å². The van der Waals surface area contributed by atoms with Crippen LogP contribution in [0.5, 0.6) is 0 Å². The van der Waals surface area contributed by atoms with Crippen LogP contribution in [0, 0.1) is 0 Å². The van der Waals surface area contributed by atoms with Gasteiger partial charge in [0.05, 0.1) is 0 Å². The molecule has 1 aliphatic heterocycles. The van der Waals surface area contributed by atoms with Gasteiger partial charge in [0.15, 0.2) is 0 Å². The van der Waals surface area contributed by atoms with Gasteiger partial charge in [-0.1, -0.05) is 6.07 Å². The van der Waals surface area contributed by atoms with E-state index in [0.29, 0.717) is 6.04 Å². The molecule has 94 valence electrons. The van der Waals surface area contributed by atoms with Crippen LogP contribution in [0.4, 0.5) is 5.82 Å². The van der Waals surface area contributed by atoms with Crippen LogP contribution in [0.15, 0.2) is 18.3 Å². The van der Waals surface area contributed by atoms with Crippen molar-refractivity contribution < 1.29 is 4.74 Å². The van der Waals surface area contributed by atoms with Gasteiger partial charge in [0.1, 0.15) is 5.82 Å². The predicted octanol–water partition coefficient (Wildman–Crippen LogP) is 1.72. The molecule has 0 amide bonds. The molecule has 2 N–H and O–H groups in total. The average molecular weight is 235 g/mol. The first-order valence-electron chi connectivity index (χ1n) is 6.21. The molecule has 0 radical (unpaired) electrons. The number of nitrogens with zero attached hydrogens (tertiary/aromatic N) is 2.